The van der Waals surface area contributed by atoms with Gasteiger partial charge in [0.15, 0.2) is 0 Å². The summed E-state index contributed by atoms with van der Waals surface area (Å²) in [6.45, 7) is 2.52. The molecule has 0 fully saturated rings. The van der Waals surface area contributed by atoms with Crippen molar-refractivity contribution in [3.63, 3.8) is 0 Å². The number of nitrogens with one attached hydrogen (secondary N) is 1. The fourth-order valence-electron chi connectivity index (χ4n) is 5.17. The van der Waals surface area contributed by atoms with Crippen LogP contribution in [0.25, 0.3) is 27.6 Å². The Morgan fingerprint density at radius 2 is 2.03 bits per heavy atom. The average Bonchev–Trinajstić information content (AvgIpc) is 3.65. The largest absolute Gasteiger partial charge is 0.458 e. The van der Waals surface area contributed by atoms with E-state index in [2.05, 4.69) is 20.1 Å². The number of imidazole rings is 1. The smallest absolute Gasteiger partial charge is 0.258 e. The maximum Gasteiger partial charge on any atom is 0.258 e. The van der Waals surface area contributed by atoms with Gasteiger partial charge >= 0.3 is 0 Å². The zero-order valence-corrected chi connectivity index (χ0v) is 19.5. The van der Waals surface area contributed by atoms with Gasteiger partial charge in [-0.2, -0.15) is 5.10 Å². The van der Waals surface area contributed by atoms with Crippen LogP contribution in [0.2, 0.25) is 0 Å². The molecule has 0 radical (unpaired) electrons. The fourth-order valence-corrected chi connectivity index (χ4v) is 5.17. The van der Waals surface area contributed by atoms with Gasteiger partial charge in [-0.3, -0.25) is 9.78 Å². The van der Waals surface area contributed by atoms with Crippen LogP contribution >= 0.6 is 0 Å². The molecular weight excluding hydrogens is 452 g/mol. The third kappa shape index (κ3) is 3.15. The number of carbonyl (C=O) groups excluding carboxylic acids is 1. The third-order valence-electron chi connectivity index (χ3n) is 6.96. The molecule has 6 aromatic rings. The number of aromatic nitrogens is 5. The maximum atomic E-state index is 14.0. The lowest BCUT2D eigenvalue weighted by Gasteiger charge is -2.33. The van der Waals surface area contributed by atoms with Gasteiger partial charge < -0.3 is 14.3 Å². The number of fused-ring (bicyclic) bond motifs is 3. The van der Waals surface area contributed by atoms with E-state index in [1.807, 2.05) is 72.6 Å². The van der Waals surface area contributed by atoms with Crippen LogP contribution in [0.4, 0.5) is 0 Å². The molecule has 8 nitrogen and oxygen atoms in total. The van der Waals surface area contributed by atoms with Crippen molar-refractivity contribution in [1.29, 1.82) is 0 Å². The Balaban J connectivity index is 1.30. The maximum absolute atomic E-state index is 14.0. The Bertz CT molecular complexity index is 1730. The van der Waals surface area contributed by atoms with Crippen LogP contribution in [0, 0.1) is 6.92 Å². The molecule has 6 heterocycles. The summed E-state index contributed by atoms with van der Waals surface area (Å²) >= 11 is 0. The molecule has 1 N–H and O–H groups in total. The second-order valence-corrected chi connectivity index (χ2v) is 9.05. The van der Waals surface area contributed by atoms with Crippen molar-refractivity contribution in [2.75, 3.05) is 6.54 Å². The lowest BCUT2D eigenvalue weighted by Crippen LogP contribution is -2.40. The second kappa shape index (κ2) is 7.91. The monoisotopic (exact) mass is 474 g/mol. The van der Waals surface area contributed by atoms with Crippen LogP contribution in [-0.4, -0.2) is 41.9 Å². The molecule has 36 heavy (non-hydrogen) atoms. The SMILES string of the molecule is Cc1ncccc1-c1ccc2c(C(=O)N3CCc4[nH]cnc4[C@H]3c3cc4ccccc4o3)cnn2c1. The molecule has 5 aromatic heterocycles. The molecule has 1 atom stereocenters. The molecule has 0 bridgehead atoms. The third-order valence-corrected chi connectivity index (χ3v) is 6.96. The van der Waals surface area contributed by atoms with Crippen LogP contribution in [-0.2, 0) is 6.42 Å². The Labute approximate surface area is 206 Å². The number of rotatable bonds is 3. The second-order valence-electron chi connectivity index (χ2n) is 9.05. The molecule has 0 saturated carbocycles. The average molecular weight is 475 g/mol. The molecule has 1 amide bonds. The first kappa shape index (κ1) is 20.6. The minimum Gasteiger partial charge on any atom is -0.458 e. The van der Waals surface area contributed by atoms with Crippen molar-refractivity contribution in [1.82, 2.24) is 29.5 Å². The van der Waals surface area contributed by atoms with Crippen molar-refractivity contribution in [2.24, 2.45) is 0 Å². The van der Waals surface area contributed by atoms with E-state index in [1.165, 1.54) is 0 Å². The molecule has 1 aliphatic rings. The highest BCUT2D eigenvalue weighted by molar-refractivity contribution is 6.01. The molecule has 0 spiro atoms. The molecular formula is C28H22N6O2. The Morgan fingerprint density at radius 1 is 1.11 bits per heavy atom. The topological polar surface area (TPSA) is 92.3 Å². The number of nitrogens with zero attached hydrogens (tertiary/aromatic N) is 5. The number of H-pyrrole nitrogens is 1. The first-order chi connectivity index (χ1) is 17.7. The number of benzene rings is 1. The number of carbonyl (C=O) groups is 1. The summed E-state index contributed by atoms with van der Waals surface area (Å²) in [6.07, 6.45) is 7.75. The van der Waals surface area contributed by atoms with Crippen molar-refractivity contribution in [3.05, 3.63) is 108 Å². The molecule has 7 rings (SSSR count). The van der Waals surface area contributed by atoms with Crippen LogP contribution in [0.5, 0.6) is 0 Å². The van der Waals surface area contributed by atoms with Gasteiger partial charge in [0.25, 0.3) is 5.91 Å². The molecule has 0 unspecified atom stereocenters. The Morgan fingerprint density at radius 3 is 2.92 bits per heavy atom. The first-order valence-corrected chi connectivity index (χ1v) is 11.9. The molecule has 0 aliphatic carbocycles. The Kier molecular flexibility index (Phi) is 4.54. The normalized spacial score (nSPS) is 15.5. The lowest BCUT2D eigenvalue weighted by molar-refractivity contribution is 0.0675. The zero-order valence-electron chi connectivity index (χ0n) is 19.5. The number of hydrogen-bond donors (Lipinski definition) is 1. The van der Waals surface area contributed by atoms with Gasteiger partial charge in [-0.25, -0.2) is 9.50 Å². The van der Waals surface area contributed by atoms with E-state index in [-0.39, 0.29) is 5.91 Å². The number of para-hydroxylation sites is 1. The van der Waals surface area contributed by atoms with E-state index in [0.717, 1.165) is 44.7 Å². The summed E-state index contributed by atoms with van der Waals surface area (Å²) in [5.41, 5.74) is 6.91. The number of pyridine rings is 2. The van der Waals surface area contributed by atoms with E-state index in [9.17, 15) is 4.79 Å². The number of hydrogen-bond acceptors (Lipinski definition) is 5. The number of furan rings is 1. The van der Waals surface area contributed by atoms with Gasteiger partial charge in [-0.05, 0) is 31.2 Å². The lowest BCUT2D eigenvalue weighted by atomic mass is 9.99. The van der Waals surface area contributed by atoms with Crippen molar-refractivity contribution >= 4 is 22.4 Å². The van der Waals surface area contributed by atoms with Crippen molar-refractivity contribution < 1.29 is 9.21 Å². The summed E-state index contributed by atoms with van der Waals surface area (Å²) in [7, 11) is 0. The first-order valence-electron chi connectivity index (χ1n) is 11.9. The highest BCUT2D eigenvalue weighted by Gasteiger charge is 2.37. The summed E-state index contributed by atoms with van der Waals surface area (Å²) in [4.78, 5) is 28.0. The predicted molar refractivity (Wildman–Crippen MR) is 135 cm³/mol. The summed E-state index contributed by atoms with van der Waals surface area (Å²) in [5, 5.41) is 5.52. The quantitative estimate of drug-likeness (QED) is 0.391. The van der Waals surface area contributed by atoms with E-state index >= 15 is 0 Å². The molecule has 0 saturated heterocycles. The molecule has 8 heteroatoms. The van der Waals surface area contributed by atoms with Crippen LogP contribution in [0.15, 0.2) is 83.9 Å². The van der Waals surface area contributed by atoms with Crippen LogP contribution in [0.3, 0.4) is 0 Å². The van der Waals surface area contributed by atoms with Gasteiger partial charge in [-0.1, -0.05) is 30.3 Å². The number of aromatic amines is 1. The highest BCUT2D eigenvalue weighted by atomic mass is 16.3. The summed E-state index contributed by atoms with van der Waals surface area (Å²) in [5.74, 6) is 0.595. The highest BCUT2D eigenvalue weighted by Crippen LogP contribution is 2.37. The molecule has 1 aromatic carbocycles. The molecule has 1 aliphatic heterocycles. The fraction of sp³-hybridized carbons (Fsp3) is 0.143. The van der Waals surface area contributed by atoms with Crippen molar-refractivity contribution in [3.8, 4) is 11.1 Å². The minimum atomic E-state index is -0.424. The van der Waals surface area contributed by atoms with Crippen molar-refractivity contribution in [2.45, 2.75) is 19.4 Å². The van der Waals surface area contributed by atoms with E-state index in [1.54, 1.807) is 23.2 Å². The standard InChI is InChI=1S/C28H22N6O2/c1-17-20(6-4-11-29-17)19-8-9-23-21(14-32-34(23)15-19)28(35)33-12-10-22-26(31-16-30-22)27(33)25-13-18-5-2-3-7-24(18)36-25/h2-9,11,13-16,27H,10,12H2,1H3,(H,30,31)/t27-/m1/s1. The van der Waals surface area contributed by atoms with Gasteiger partial charge in [-0.15, -0.1) is 0 Å². The Hall–Kier alpha value is -4.72. The van der Waals surface area contributed by atoms with Gasteiger partial charge in [0, 0.05) is 53.3 Å². The zero-order chi connectivity index (χ0) is 24.2. The summed E-state index contributed by atoms with van der Waals surface area (Å²) in [6, 6.07) is 17.4. The summed E-state index contributed by atoms with van der Waals surface area (Å²) < 4.78 is 7.98. The van der Waals surface area contributed by atoms with Gasteiger partial charge in [0.2, 0.25) is 0 Å². The number of aryl methyl sites for hydroxylation is 1. The molecule has 176 valence electrons. The van der Waals surface area contributed by atoms with Crippen LogP contribution in [0.1, 0.15) is 39.2 Å². The van der Waals surface area contributed by atoms with Gasteiger partial charge in [0.05, 0.1) is 29.3 Å². The van der Waals surface area contributed by atoms with Crippen LogP contribution < -0.4 is 0 Å². The number of amides is 1. The van der Waals surface area contributed by atoms with E-state index < -0.39 is 6.04 Å². The minimum absolute atomic E-state index is 0.102. The predicted octanol–water partition coefficient (Wildman–Crippen LogP) is 4.96. The van der Waals surface area contributed by atoms with Gasteiger partial charge in [0.1, 0.15) is 17.4 Å². The van der Waals surface area contributed by atoms with E-state index in [0.29, 0.717) is 24.3 Å². The van der Waals surface area contributed by atoms with E-state index in [4.69, 9.17) is 4.42 Å².